The minimum atomic E-state index is 0.583. The zero-order valence-electron chi connectivity index (χ0n) is 9.63. The lowest BCUT2D eigenvalue weighted by atomic mass is 9.99. The fourth-order valence-electron chi connectivity index (χ4n) is 1.85. The van der Waals surface area contributed by atoms with Gasteiger partial charge in [-0.25, -0.2) is 0 Å². The molecule has 16 heavy (non-hydrogen) atoms. The topological polar surface area (TPSA) is 0 Å². The first-order valence-electron chi connectivity index (χ1n) is 5.43. The summed E-state index contributed by atoms with van der Waals surface area (Å²) in [5.74, 6) is 0.583. The molecule has 0 radical (unpaired) electrons. The summed E-state index contributed by atoms with van der Waals surface area (Å²) in [5.41, 5.74) is 6.28. The molecule has 0 spiro atoms. The zero-order valence-corrected chi connectivity index (χ0v) is 10.4. The Morgan fingerprint density at radius 3 is 2.31 bits per heavy atom. The van der Waals surface area contributed by atoms with E-state index in [9.17, 15) is 0 Å². The first kappa shape index (κ1) is 11.2. The van der Waals surface area contributed by atoms with E-state index in [4.69, 9.17) is 11.6 Å². The average molecular weight is 231 g/mol. The molecule has 0 saturated carbocycles. The van der Waals surface area contributed by atoms with Crippen molar-refractivity contribution in [2.75, 3.05) is 0 Å². The van der Waals surface area contributed by atoms with E-state index in [0.29, 0.717) is 5.88 Å². The molecule has 82 valence electrons. The molecule has 1 heteroatoms. The van der Waals surface area contributed by atoms with Gasteiger partial charge >= 0.3 is 0 Å². The lowest BCUT2D eigenvalue weighted by Gasteiger charge is -2.07. The maximum absolute atomic E-state index is 5.86. The first-order chi connectivity index (χ1) is 7.70. The van der Waals surface area contributed by atoms with E-state index in [2.05, 4.69) is 56.3 Å². The molecule has 0 heterocycles. The lowest BCUT2D eigenvalue weighted by Crippen LogP contribution is -1.86. The molecule has 0 bridgehead atoms. The van der Waals surface area contributed by atoms with Crippen molar-refractivity contribution < 1.29 is 0 Å². The number of hydrogen-bond acceptors (Lipinski definition) is 0. The largest absolute Gasteiger partial charge is 0.122 e. The van der Waals surface area contributed by atoms with Crippen molar-refractivity contribution in [1.29, 1.82) is 0 Å². The summed E-state index contributed by atoms with van der Waals surface area (Å²) in [7, 11) is 0. The monoisotopic (exact) mass is 230 g/mol. The third-order valence-corrected chi connectivity index (χ3v) is 3.13. The fourth-order valence-corrected chi connectivity index (χ4v) is 2.15. The number of halogens is 1. The van der Waals surface area contributed by atoms with Crippen molar-refractivity contribution in [1.82, 2.24) is 0 Å². The quantitative estimate of drug-likeness (QED) is 0.656. The van der Waals surface area contributed by atoms with E-state index in [0.717, 1.165) is 0 Å². The van der Waals surface area contributed by atoms with Crippen molar-refractivity contribution in [2.45, 2.75) is 19.7 Å². The van der Waals surface area contributed by atoms with Gasteiger partial charge in [0.1, 0.15) is 0 Å². The van der Waals surface area contributed by atoms with Gasteiger partial charge in [-0.15, -0.1) is 11.6 Å². The van der Waals surface area contributed by atoms with E-state index < -0.39 is 0 Å². The molecule has 0 amide bonds. The summed E-state index contributed by atoms with van der Waals surface area (Å²) in [4.78, 5) is 0. The maximum atomic E-state index is 5.86. The van der Waals surface area contributed by atoms with Gasteiger partial charge in [-0.3, -0.25) is 0 Å². The van der Waals surface area contributed by atoms with Gasteiger partial charge in [0.15, 0.2) is 0 Å². The molecule has 0 atom stereocenters. The van der Waals surface area contributed by atoms with Gasteiger partial charge in [0, 0.05) is 5.88 Å². The minimum Gasteiger partial charge on any atom is -0.122 e. The van der Waals surface area contributed by atoms with Crippen molar-refractivity contribution in [2.24, 2.45) is 0 Å². The van der Waals surface area contributed by atoms with Crippen molar-refractivity contribution in [3.63, 3.8) is 0 Å². The Morgan fingerprint density at radius 1 is 0.938 bits per heavy atom. The molecule has 0 unspecified atom stereocenters. The predicted octanol–water partition coefficient (Wildman–Crippen LogP) is 4.71. The summed E-state index contributed by atoms with van der Waals surface area (Å²) >= 11 is 5.86. The molecule has 2 aromatic carbocycles. The summed E-state index contributed by atoms with van der Waals surface area (Å²) in [6.45, 7) is 4.22. The number of hydrogen-bond donors (Lipinski definition) is 0. The fraction of sp³-hybridized carbons (Fsp3) is 0.200. The number of alkyl halides is 1. The van der Waals surface area contributed by atoms with Crippen LogP contribution in [0.1, 0.15) is 16.7 Å². The van der Waals surface area contributed by atoms with Crippen LogP contribution >= 0.6 is 11.6 Å². The summed E-state index contributed by atoms with van der Waals surface area (Å²) in [6.07, 6.45) is 0. The molecule has 0 aliphatic heterocycles. The molecular formula is C15H15Cl. The molecule has 2 aromatic rings. The Morgan fingerprint density at radius 2 is 1.69 bits per heavy atom. The lowest BCUT2D eigenvalue weighted by molar-refractivity contribution is 1.30. The van der Waals surface area contributed by atoms with E-state index >= 15 is 0 Å². The molecule has 0 aliphatic carbocycles. The molecule has 2 rings (SSSR count). The van der Waals surface area contributed by atoms with Crippen LogP contribution in [0.4, 0.5) is 0 Å². The predicted molar refractivity (Wildman–Crippen MR) is 70.9 cm³/mol. The van der Waals surface area contributed by atoms with Crippen LogP contribution in [0.25, 0.3) is 11.1 Å². The van der Waals surface area contributed by atoms with Gasteiger partial charge in [0.25, 0.3) is 0 Å². The van der Waals surface area contributed by atoms with Crippen LogP contribution in [0.2, 0.25) is 0 Å². The molecule has 0 fully saturated rings. The average Bonchev–Trinajstić information content (AvgIpc) is 2.29. The Labute approximate surface area is 102 Å². The van der Waals surface area contributed by atoms with E-state index in [1.165, 1.54) is 27.8 Å². The Hall–Kier alpha value is -1.27. The highest BCUT2D eigenvalue weighted by Gasteiger charge is 2.01. The van der Waals surface area contributed by atoms with Crippen LogP contribution in [0.3, 0.4) is 0 Å². The molecule has 0 N–H and O–H groups in total. The SMILES string of the molecule is Cc1cccc(-c2ccc(CCl)c(C)c2)c1. The summed E-state index contributed by atoms with van der Waals surface area (Å²) in [6, 6.07) is 15.0. The van der Waals surface area contributed by atoms with Crippen LogP contribution in [0.15, 0.2) is 42.5 Å². The smallest absolute Gasteiger partial charge is 0.0476 e. The second kappa shape index (κ2) is 4.71. The molecular weight excluding hydrogens is 216 g/mol. The second-order valence-corrected chi connectivity index (χ2v) is 4.41. The normalized spacial score (nSPS) is 10.4. The van der Waals surface area contributed by atoms with Gasteiger partial charge in [-0.05, 0) is 36.1 Å². The third-order valence-electron chi connectivity index (χ3n) is 2.84. The highest BCUT2D eigenvalue weighted by Crippen LogP contribution is 2.23. The van der Waals surface area contributed by atoms with Gasteiger partial charge in [-0.2, -0.15) is 0 Å². The van der Waals surface area contributed by atoms with Gasteiger partial charge in [0.05, 0.1) is 0 Å². The van der Waals surface area contributed by atoms with Gasteiger partial charge < -0.3 is 0 Å². The van der Waals surface area contributed by atoms with Crippen LogP contribution in [0.5, 0.6) is 0 Å². The highest BCUT2D eigenvalue weighted by molar-refractivity contribution is 6.17. The summed E-state index contributed by atoms with van der Waals surface area (Å²) in [5, 5.41) is 0. The summed E-state index contributed by atoms with van der Waals surface area (Å²) < 4.78 is 0. The first-order valence-corrected chi connectivity index (χ1v) is 5.96. The van der Waals surface area contributed by atoms with E-state index in [1.54, 1.807) is 0 Å². The second-order valence-electron chi connectivity index (χ2n) is 4.14. The number of aryl methyl sites for hydroxylation is 2. The number of rotatable bonds is 2. The van der Waals surface area contributed by atoms with Crippen LogP contribution in [-0.4, -0.2) is 0 Å². The third kappa shape index (κ3) is 2.28. The van der Waals surface area contributed by atoms with Crippen molar-refractivity contribution >= 4 is 11.6 Å². The Balaban J connectivity index is 2.45. The van der Waals surface area contributed by atoms with Crippen LogP contribution in [-0.2, 0) is 5.88 Å². The highest BCUT2D eigenvalue weighted by atomic mass is 35.5. The zero-order chi connectivity index (χ0) is 11.5. The minimum absolute atomic E-state index is 0.583. The van der Waals surface area contributed by atoms with Crippen molar-refractivity contribution in [3.8, 4) is 11.1 Å². The maximum Gasteiger partial charge on any atom is 0.0476 e. The van der Waals surface area contributed by atoms with Crippen molar-refractivity contribution in [3.05, 3.63) is 59.2 Å². The van der Waals surface area contributed by atoms with Crippen LogP contribution < -0.4 is 0 Å². The Bertz CT molecular complexity index is 501. The van der Waals surface area contributed by atoms with Gasteiger partial charge in [0.2, 0.25) is 0 Å². The van der Waals surface area contributed by atoms with Crippen LogP contribution in [0, 0.1) is 13.8 Å². The molecule has 0 saturated heterocycles. The van der Waals surface area contributed by atoms with E-state index in [1.807, 2.05) is 0 Å². The Kier molecular flexibility index (Phi) is 3.31. The number of benzene rings is 2. The molecule has 0 aliphatic rings. The van der Waals surface area contributed by atoms with Gasteiger partial charge in [-0.1, -0.05) is 48.0 Å². The van der Waals surface area contributed by atoms with E-state index in [-0.39, 0.29) is 0 Å². The molecule has 0 nitrogen and oxygen atoms in total. The standard InChI is InChI=1S/C15H15Cl/c1-11-4-3-5-13(8-11)14-6-7-15(10-16)12(2)9-14/h3-9H,10H2,1-2H3. The molecule has 0 aromatic heterocycles.